The molecule has 4 nitrogen and oxygen atoms in total. The van der Waals surface area contributed by atoms with Gasteiger partial charge in [0.05, 0.1) is 0 Å². The van der Waals surface area contributed by atoms with E-state index >= 15 is 0 Å². The molecule has 0 heterocycles. The van der Waals surface area contributed by atoms with Crippen LogP contribution in [0, 0.1) is 0 Å². The van der Waals surface area contributed by atoms with Crippen molar-refractivity contribution in [3.05, 3.63) is 30.3 Å². The summed E-state index contributed by atoms with van der Waals surface area (Å²) in [5.74, 6) is 0.803. The van der Waals surface area contributed by atoms with E-state index in [0.717, 1.165) is 5.75 Å². The van der Waals surface area contributed by atoms with Gasteiger partial charge < -0.3 is 15.7 Å². The number of rotatable bonds is 6. The summed E-state index contributed by atoms with van der Waals surface area (Å²) in [4.78, 5) is 13.0. The van der Waals surface area contributed by atoms with Gasteiger partial charge in [-0.15, -0.1) is 11.8 Å². The lowest BCUT2D eigenvalue weighted by atomic mass is 10.2. The highest BCUT2D eigenvalue weighted by Gasteiger charge is 2.08. The molecule has 0 saturated heterocycles. The van der Waals surface area contributed by atoms with Crippen molar-refractivity contribution in [2.75, 3.05) is 19.3 Å². The molecule has 0 fully saturated rings. The van der Waals surface area contributed by atoms with E-state index in [0.29, 0.717) is 13.0 Å². The maximum atomic E-state index is 10.6. The zero-order chi connectivity index (χ0) is 12.7. The first-order valence-corrected chi connectivity index (χ1v) is 6.45. The number of thioether (sulfide) groups is 1. The largest absolute Gasteiger partial charge is 0.465 e. The molecule has 1 amide bonds. The minimum atomic E-state index is -0.909. The predicted molar refractivity (Wildman–Crippen MR) is 70.4 cm³/mol. The van der Waals surface area contributed by atoms with Gasteiger partial charge in [0, 0.05) is 30.3 Å². The molecular weight excluding hydrogens is 236 g/mol. The topological polar surface area (TPSA) is 66.6 Å². The number of carbonyl (C=O) groups is 1. The molecule has 1 atom stereocenters. The minimum absolute atomic E-state index is 0.0157. The van der Waals surface area contributed by atoms with Crippen LogP contribution in [-0.4, -0.2) is 41.5 Å². The van der Waals surface area contributed by atoms with Crippen molar-refractivity contribution in [1.82, 2.24) is 4.90 Å². The average Bonchev–Trinajstić information content (AvgIpc) is 2.34. The molecule has 0 unspecified atom stereocenters. The van der Waals surface area contributed by atoms with Crippen LogP contribution in [-0.2, 0) is 0 Å². The van der Waals surface area contributed by atoms with E-state index < -0.39 is 6.09 Å². The summed E-state index contributed by atoms with van der Waals surface area (Å²) < 4.78 is 0. The lowest BCUT2D eigenvalue weighted by Gasteiger charge is -2.16. The van der Waals surface area contributed by atoms with E-state index in [1.165, 1.54) is 9.80 Å². The molecule has 5 heteroatoms. The summed E-state index contributed by atoms with van der Waals surface area (Å²) in [6, 6.07) is 10.1. The van der Waals surface area contributed by atoms with Crippen LogP contribution in [0.5, 0.6) is 0 Å². The smallest absolute Gasteiger partial charge is 0.407 e. The quantitative estimate of drug-likeness (QED) is 0.763. The van der Waals surface area contributed by atoms with E-state index in [-0.39, 0.29) is 6.04 Å². The fourth-order valence-corrected chi connectivity index (χ4v) is 2.18. The van der Waals surface area contributed by atoms with Gasteiger partial charge in [0.1, 0.15) is 0 Å². The van der Waals surface area contributed by atoms with E-state index in [1.54, 1.807) is 18.8 Å². The van der Waals surface area contributed by atoms with Crippen LogP contribution in [0.2, 0.25) is 0 Å². The van der Waals surface area contributed by atoms with Crippen LogP contribution in [0.1, 0.15) is 6.42 Å². The van der Waals surface area contributed by atoms with Crippen LogP contribution in [0.3, 0.4) is 0 Å². The molecule has 0 aromatic heterocycles. The van der Waals surface area contributed by atoms with Gasteiger partial charge in [-0.1, -0.05) is 18.2 Å². The van der Waals surface area contributed by atoms with Crippen LogP contribution < -0.4 is 5.73 Å². The molecule has 0 aliphatic heterocycles. The van der Waals surface area contributed by atoms with E-state index in [4.69, 9.17) is 10.8 Å². The highest BCUT2D eigenvalue weighted by atomic mass is 32.2. The summed E-state index contributed by atoms with van der Waals surface area (Å²) >= 11 is 1.70. The Bertz CT molecular complexity index is 346. The first-order chi connectivity index (χ1) is 8.09. The fourth-order valence-electron chi connectivity index (χ4n) is 1.26. The van der Waals surface area contributed by atoms with Gasteiger partial charge >= 0.3 is 6.09 Å². The first kappa shape index (κ1) is 13.9. The molecule has 0 radical (unpaired) electrons. The maximum absolute atomic E-state index is 10.6. The standard InChI is InChI=1S/C12H18N2O2S/c1-14(12(15)16)8-7-10(13)9-17-11-5-3-2-4-6-11/h2-6,10H,7-9,13H2,1H3,(H,15,16)/t10-/m1/s1. The average molecular weight is 254 g/mol. The SMILES string of the molecule is CN(CC[C@@H](N)CSc1ccccc1)C(=O)O. The molecule has 0 bridgehead atoms. The summed E-state index contributed by atoms with van der Waals surface area (Å²) in [6.07, 6.45) is -0.226. The maximum Gasteiger partial charge on any atom is 0.407 e. The van der Waals surface area contributed by atoms with Crippen molar-refractivity contribution in [2.45, 2.75) is 17.4 Å². The molecule has 3 N–H and O–H groups in total. The Balaban J connectivity index is 2.22. The van der Waals surface area contributed by atoms with Gasteiger partial charge in [0.25, 0.3) is 0 Å². The molecule has 17 heavy (non-hydrogen) atoms. The van der Waals surface area contributed by atoms with Crippen molar-refractivity contribution in [3.8, 4) is 0 Å². The lowest BCUT2D eigenvalue weighted by molar-refractivity contribution is 0.155. The van der Waals surface area contributed by atoms with Crippen molar-refractivity contribution in [3.63, 3.8) is 0 Å². The zero-order valence-corrected chi connectivity index (χ0v) is 10.7. The summed E-state index contributed by atoms with van der Waals surface area (Å²) in [7, 11) is 1.55. The highest BCUT2D eigenvalue weighted by Crippen LogP contribution is 2.18. The van der Waals surface area contributed by atoms with Crippen LogP contribution in [0.25, 0.3) is 0 Å². The van der Waals surface area contributed by atoms with Crippen molar-refractivity contribution in [2.24, 2.45) is 5.73 Å². The number of hydrogen-bond donors (Lipinski definition) is 2. The van der Waals surface area contributed by atoms with Gasteiger partial charge in [-0.05, 0) is 18.6 Å². The molecular formula is C12H18N2O2S. The lowest BCUT2D eigenvalue weighted by Crippen LogP contribution is -2.32. The Kier molecular flexibility index (Phi) is 5.86. The number of nitrogens with two attached hydrogens (primary N) is 1. The first-order valence-electron chi connectivity index (χ1n) is 5.47. The van der Waals surface area contributed by atoms with Crippen molar-refractivity contribution < 1.29 is 9.90 Å². The van der Waals surface area contributed by atoms with Gasteiger partial charge in [0.15, 0.2) is 0 Å². The van der Waals surface area contributed by atoms with E-state index in [9.17, 15) is 4.79 Å². The number of nitrogens with zero attached hydrogens (tertiary/aromatic N) is 1. The third-order valence-corrected chi connectivity index (χ3v) is 3.57. The van der Waals surface area contributed by atoms with E-state index in [2.05, 4.69) is 0 Å². The zero-order valence-electron chi connectivity index (χ0n) is 9.87. The number of benzene rings is 1. The molecule has 0 aliphatic rings. The summed E-state index contributed by atoms with van der Waals surface area (Å²) in [5.41, 5.74) is 5.93. The molecule has 0 saturated carbocycles. The number of carboxylic acid groups (broad SMARTS) is 1. The van der Waals surface area contributed by atoms with Gasteiger partial charge in [0.2, 0.25) is 0 Å². The third kappa shape index (κ3) is 5.60. The molecule has 1 rings (SSSR count). The van der Waals surface area contributed by atoms with Crippen molar-refractivity contribution in [1.29, 1.82) is 0 Å². The number of amides is 1. The van der Waals surface area contributed by atoms with Crippen LogP contribution >= 0.6 is 11.8 Å². The highest BCUT2D eigenvalue weighted by molar-refractivity contribution is 7.99. The number of hydrogen-bond acceptors (Lipinski definition) is 3. The van der Waals surface area contributed by atoms with E-state index in [1.807, 2.05) is 30.3 Å². The Labute approximate surface area is 106 Å². The third-order valence-electron chi connectivity index (χ3n) is 2.37. The molecule has 94 valence electrons. The monoisotopic (exact) mass is 254 g/mol. The normalized spacial score (nSPS) is 12.1. The minimum Gasteiger partial charge on any atom is -0.465 e. The Morgan fingerprint density at radius 1 is 1.47 bits per heavy atom. The Morgan fingerprint density at radius 3 is 2.71 bits per heavy atom. The van der Waals surface area contributed by atoms with Gasteiger partial charge in [-0.2, -0.15) is 0 Å². The van der Waals surface area contributed by atoms with Crippen LogP contribution in [0.4, 0.5) is 4.79 Å². The fraction of sp³-hybridized carbons (Fsp3) is 0.417. The molecule has 1 aromatic carbocycles. The molecule has 0 spiro atoms. The van der Waals surface area contributed by atoms with Crippen molar-refractivity contribution >= 4 is 17.9 Å². The molecule has 0 aliphatic carbocycles. The summed E-state index contributed by atoms with van der Waals surface area (Å²) in [6.45, 7) is 0.478. The second kappa shape index (κ2) is 7.19. The van der Waals surface area contributed by atoms with Crippen LogP contribution in [0.15, 0.2) is 35.2 Å². The Hall–Kier alpha value is -1.20. The second-order valence-electron chi connectivity index (χ2n) is 3.88. The Morgan fingerprint density at radius 2 is 2.12 bits per heavy atom. The van der Waals surface area contributed by atoms with Gasteiger partial charge in [-0.25, -0.2) is 4.79 Å². The summed E-state index contributed by atoms with van der Waals surface area (Å²) in [5, 5.41) is 8.68. The predicted octanol–water partition coefficient (Wildman–Crippen LogP) is 2.11. The second-order valence-corrected chi connectivity index (χ2v) is 4.97. The van der Waals surface area contributed by atoms with Gasteiger partial charge in [-0.3, -0.25) is 0 Å². The molecule has 1 aromatic rings.